The van der Waals surface area contributed by atoms with Gasteiger partial charge in [0.15, 0.2) is 0 Å². The SMILES string of the molecule is CC(C)(C)C1CCCCN1C(C)(C)C.CC(C)(C)C1COCCN1C(C)(C)C.CC(C)(C)C1N(C(C)(C)C)CC12CC2. The van der Waals surface area contributed by atoms with Gasteiger partial charge >= 0.3 is 0 Å². The van der Waals surface area contributed by atoms with Crippen molar-refractivity contribution in [3.8, 4) is 0 Å². The van der Waals surface area contributed by atoms with Crippen molar-refractivity contribution in [3.63, 3.8) is 0 Å². The van der Waals surface area contributed by atoms with Gasteiger partial charge in [-0.05, 0) is 116 Å². The van der Waals surface area contributed by atoms with E-state index in [1.54, 1.807) is 0 Å². The van der Waals surface area contributed by atoms with Crippen LogP contribution in [-0.4, -0.2) is 82.3 Å². The molecule has 4 nitrogen and oxygen atoms in total. The Kier molecular flexibility index (Phi) is 11.7. The van der Waals surface area contributed by atoms with Gasteiger partial charge in [-0.15, -0.1) is 0 Å². The molecule has 42 heavy (non-hydrogen) atoms. The van der Waals surface area contributed by atoms with Gasteiger partial charge in [-0.25, -0.2) is 0 Å². The summed E-state index contributed by atoms with van der Waals surface area (Å²) in [6.45, 7) is 47.6. The van der Waals surface area contributed by atoms with Crippen LogP contribution >= 0.6 is 0 Å². The second-order valence-electron chi connectivity index (χ2n) is 20.5. The topological polar surface area (TPSA) is 19.0 Å². The van der Waals surface area contributed by atoms with Crippen molar-refractivity contribution in [2.75, 3.05) is 32.8 Å². The number of ether oxygens (including phenoxy) is 1. The molecule has 3 atom stereocenters. The summed E-state index contributed by atoms with van der Waals surface area (Å²) in [5.41, 5.74) is 2.83. The maximum Gasteiger partial charge on any atom is 0.0627 e. The average Bonchev–Trinajstić information content (AvgIpc) is 3.57. The minimum absolute atomic E-state index is 0.252. The minimum atomic E-state index is 0.252. The molecule has 3 heterocycles. The van der Waals surface area contributed by atoms with Crippen molar-refractivity contribution in [1.29, 1.82) is 0 Å². The highest BCUT2D eigenvalue weighted by molar-refractivity contribution is 5.18. The quantitative estimate of drug-likeness (QED) is 0.279. The first-order valence-corrected chi connectivity index (χ1v) is 17.5. The van der Waals surface area contributed by atoms with Crippen molar-refractivity contribution in [2.24, 2.45) is 21.7 Å². The van der Waals surface area contributed by atoms with Crippen molar-refractivity contribution < 1.29 is 4.74 Å². The third-order valence-electron chi connectivity index (χ3n) is 10.3. The second kappa shape index (κ2) is 12.9. The first kappa shape index (κ1) is 38.0. The molecule has 1 aliphatic carbocycles. The van der Waals surface area contributed by atoms with Gasteiger partial charge in [-0.2, -0.15) is 0 Å². The molecule has 250 valence electrons. The molecule has 0 aromatic heterocycles. The summed E-state index contributed by atoms with van der Waals surface area (Å²) in [7, 11) is 0. The Morgan fingerprint density at radius 2 is 0.976 bits per heavy atom. The highest BCUT2D eigenvalue weighted by Crippen LogP contribution is 2.63. The zero-order valence-corrected chi connectivity index (χ0v) is 32.1. The number of nitrogens with zero attached hydrogens (tertiary/aromatic N) is 3. The third-order valence-corrected chi connectivity index (χ3v) is 10.3. The molecular weight excluding hydrogens is 514 g/mol. The third kappa shape index (κ3) is 9.92. The van der Waals surface area contributed by atoms with Crippen LogP contribution in [0.3, 0.4) is 0 Å². The zero-order valence-electron chi connectivity index (χ0n) is 32.1. The van der Waals surface area contributed by atoms with Crippen molar-refractivity contribution >= 4 is 0 Å². The number of rotatable bonds is 0. The molecule has 4 aliphatic rings. The zero-order chi connectivity index (χ0) is 32.7. The average molecular weight is 592 g/mol. The summed E-state index contributed by atoms with van der Waals surface area (Å²) < 4.78 is 5.59. The van der Waals surface area contributed by atoms with E-state index in [9.17, 15) is 0 Å². The molecule has 3 saturated heterocycles. The molecule has 0 amide bonds. The second-order valence-corrected chi connectivity index (χ2v) is 20.5. The van der Waals surface area contributed by atoms with Crippen LogP contribution in [0.25, 0.3) is 0 Å². The van der Waals surface area contributed by atoms with Gasteiger partial charge in [-0.1, -0.05) is 68.7 Å². The summed E-state index contributed by atoms with van der Waals surface area (Å²) in [6, 6.07) is 2.11. The molecule has 1 spiro atoms. The van der Waals surface area contributed by atoms with E-state index in [4.69, 9.17) is 4.74 Å². The molecule has 4 fully saturated rings. The Balaban J connectivity index is 0.000000220. The van der Waals surface area contributed by atoms with Crippen LogP contribution in [0.1, 0.15) is 157 Å². The van der Waals surface area contributed by atoms with E-state index in [0.29, 0.717) is 33.4 Å². The van der Waals surface area contributed by atoms with E-state index in [2.05, 4.69) is 139 Å². The molecule has 4 heteroatoms. The van der Waals surface area contributed by atoms with E-state index in [1.165, 1.54) is 45.2 Å². The lowest BCUT2D eigenvalue weighted by atomic mass is 9.68. The van der Waals surface area contributed by atoms with E-state index < -0.39 is 0 Å². The highest BCUT2D eigenvalue weighted by atomic mass is 16.5. The van der Waals surface area contributed by atoms with Gasteiger partial charge in [0, 0.05) is 47.8 Å². The van der Waals surface area contributed by atoms with E-state index in [-0.39, 0.29) is 5.54 Å². The molecule has 3 aliphatic heterocycles. The monoisotopic (exact) mass is 592 g/mol. The Morgan fingerprint density at radius 3 is 1.31 bits per heavy atom. The summed E-state index contributed by atoms with van der Waals surface area (Å²) >= 11 is 0. The molecule has 1 saturated carbocycles. The minimum Gasteiger partial charge on any atom is -0.378 e. The van der Waals surface area contributed by atoms with Crippen LogP contribution in [0.2, 0.25) is 0 Å². The summed E-state index contributed by atoms with van der Waals surface area (Å²) in [4.78, 5) is 7.99. The predicted molar refractivity (Wildman–Crippen MR) is 185 cm³/mol. The van der Waals surface area contributed by atoms with Crippen LogP contribution in [-0.2, 0) is 4.74 Å². The Hall–Kier alpha value is -0.160. The fourth-order valence-electron chi connectivity index (χ4n) is 8.10. The van der Waals surface area contributed by atoms with Crippen molar-refractivity contribution in [2.45, 2.75) is 191 Å². The predicted octanol–water partition coefficient (Wildman–Crippen LogP) is 9.51. The van der Waals surface area contributed by atoms with Crippen LogP contribution < -0.4 is 0 Å². The van der Waals surface area contributed by atoms with Gasteiger partial charge in [0.1, 0.15) is 0 Å². The van der Waals surface area contributed by atoms with E-state index in [1.807, 2.05) is 0 Å². The lowest BCUT2D eigenvalue weighted by molar-refractivity contribution is -0.119. The van der Waals surface area contributed by atoms with Gasteiger partial charge in [0.05, 0.1) is 13.2 Å². The first-order chi connectivity index (χ1) is 18.6. The van der Waals surface area contributed by atoms with Gasteiger partial charge in [0.2, 0.25) is 0 Å². The number of hydrogen-bond donors (Lipinski definition) is 0. The van der Waals surface area contributed by atoms with Gasteiger partial charge in [-0.3, -0.25) is 14.7 Å². The molecule has 0 N–H and O–H groups in total. The van der Waals surface area contributed by atoms with Gasteiger partial charge in [0.25, 0.3) is 0 Å². The van der Waals surface area contributed by atoms with Crippen LogP contribution in [0, 0.1) is 21.7 Å². The van der Waals surface area contributed by atoms with Crippen molar-refractivity contribution in [3.05, 3.63) is 0 Å². The molecule has 3 unspecified atom stereocenters. The summed E-state index contributed by atoms with van der Waals surface area (Å²) in [5, 5.41) is 0. The summed E-state index contributed by atoms with van der Waals surface area (Å²) in [5.74, 6) is 0. The molecule has 0 aromatic carbocycles. The van der Waals surface area contributed by atoms with Crippen LogP contribution in [0.4, 0.5) is 0 Å². The normalized spacial score (nSPS) is 28.3. The molecule has 0 bridgehead atoms. The lowest BCUT2D eigenvalue weighted by Crippen LogP contribution is -2.68. The number of likely N-dealkylation sites (tertiary alicyclic amines) is 2. The Morgan fingerprint density at radius 1 is 0.524 bits per heavy atom. The summed E-state index contributed by atoms with van der Waals surface area (Å²) in [6.07, 6.45) is 7.11. The highest BCUT2D eigenvalue weighted by Gasteiger charge is 2.65. The Labute approximate surface area is 265 Å². The van der Waals surface area contributed by atoms with Gasteiger partial charge < -0.3 is 4.74 Å². The van der Waals surface area contributed by atoms with E-state index in [0.717, 1.165) is 37.3 Å². The molecule has 0 radical (unpaired) electrons. The fourth-order valence-corrected chi connectivity index (χ4v) is 8.10. The maximum absolute atomic E-state index is 5.59. The lowest BCUT2D eigenvalue weighted by Gasteiger charge is -2.60. The largest absolute Gasteiger partial charge is 0.378 e. The smallest absolute Gasteiger partial charge is 0.0627 e. The number of hydrogen-bond acceptors (Lipinski definition) is 4. The Bertz CT molecular complexity index is 743. The van der Waals surface area contributed by atoms with Crippen molar-refractivity contribution in [1.82, 2.24) is 14.7 Å². The molecular formula is C38H77N3O. The fraction of sp³-hybridized carbons (Fsp3) is 1.00. The standard InChI is InChI=1S/C13H25N.C13H27N.C12H25NO/c1-11(2,3)10-13(7-8-13)9-14(10)12(4,5)6;1-12(2,3)11-9-7-8-10-14(11)13(4,5)6;1-11(2,3)10-9-14-8-7-13(10)12(4,5)6/h10H,7-9H2,1-6H3;11H,7-10H2,1-6H3;10H,7-9H2,1-6H3. The maximum atomic E-state index is 5.59. The molecule has 0 aromatic rings. The van der Waals surface area contributed by atoms with Crippen LogP contribution in [0.5, 0.6) is 0 Å². The first-order valence-electron chi connectivity index (χ1n) is 17.5. The van der Waals surface area contributed by atoms with E-state index >= 15 is 0 Å². The number of piperidine rings is 1. The number of morpholine rings is 1. The molecule has 4 rings (SSSR count). The van der Waals surface area contributed by atoms with Crippen LogP contribution in [0.15, 0.2) is 0 Å².